The van der Waals surface area contributed by atoms with E-state index in [1.54, 1.807) is 0 Å². The molecule has 0 amide bonds. The van der Waals surface area contributed by atoms with Crippen LogP contribution in [0, 0.1) is 21.4 Å². The molecule has 0 aliphatic carbocycles. The summed E-state index contributed by atoms with van der Waals surface area (Å²) in [5, 5.41) is 19.6. The summed E-state index contributed by atoms with van der Waals surface area (Å²) in [6.07, 6.45) is -10.1. The fourth-order valence-corrected chi connectivity index (χ4v) is 1.92. The van der Waals surface area contributed by atoms with Gasteiger partial charge in [0, 0.05) is 12.1 Å². The summed E-state index contributed by atoms with van der Waals surface area (Å²) in [6.45, 7) is 0. The number of nitrogens with zero attached hydrogens (tertiary/aromatic N) is 2. The number of benzene rings is 2. The number of nitro benzene ring substituents is 1. The van der Waals surface area contributed by atoms with Crippen molar-refractivity contribution in [1.29, 1.82) is 5.26 Å². The Hall–Kier alpha value is -3.29. The molecule has 0 heterocycles. The number of non-ortho nitro benzene ring substituents is 1. The van der Waals surface area contributed by atoms with Crippen molar-refractivity contribution in [2.45, 2.75) is 12.4 Å². The second kappa shape index (κ2) is 6.55. The Kier molecular flexibility index (Phi) is 4.80. The molecule has 136 valence electrons. The summed E-state index contributed by atoms with van der Waals surface area (Å²) in [5.41, 5.74) is -4.11. The Morgan fingerprint density at radius 2 is 1.50 bits per heavy atom. The lowest BCUT2D eigenvalue weighted by molar-refractivity contribution is -0.384. The highest BCUT2D eigenvalue weighted by Gasteiger charge is 2.37. The maximum Gasteiger partial charge on any atom is 0.416 e. The predicted octanol–water partition coefficient (Wildman–Crippen LogP) is 5.30. The minimum absolute atomic E-state index is 0.0755. The van der Waals surface area contributed by atoms with E-state index in [0.717, 1.165) is 18.2 Å². The third-order valence-electron chi connectivity index (χ3n) is 3.08. The highest BCUT2D eigenvalue weighted by atomic mass is 19.4. The smallest absolute Gasteiger partial charge is 0.416 e. The Labute approximate surface area is 141 Å². The molecule has 5 nitrogen and oxygen atoms in total. The summed E-state index contributed by atoms with van der Waals surface area (Å²) in [6, 6.07) is 4.70. The van der Waals surface area contributed by atoms with Gasteiger partial charge in [0.25, 0.3) is 5.69 Å². The van der Waals surface area contributed by atoms with Crippen LogP contribution >= 0.6 is 0 Å². The molecule has 26 heavy (non-hydrogen) atoms. The SMILES string of the molecule is N#Cc1cc([N+](=O)[O-])ccc1Oc1cc(C(F)(F)F)cc(C(F)(F)F)c1. The molecule has 0 aromatic heterocycles. The lowest BCUT2D eigenvalue weighted by atomic mass is 10.1. The minimum atomic E-state index is -5.06. The molecule has 2 aromatic carbocycles. The lowest BCUT2D eigenvalue weighted by Crippen LogP contribution is -2.11. The van der Waals surface area contributed by atoms with E-state index in [0.29, 0.717) is 12.1 Å². The molecule has 0 radical (unpaired) electrons. The first kappa shape index (κ1) is 19.0. The van der Waals surface area contributed by atoms with Gasteiger partial charge < -0.3 is 4.74 Å². The van der Waals surface area contributed by atoms with Crippen molar-refractivity contribution >= 4 is 5.69 Å². The second-order valence-corrected chi connectivity index (χ2v) is 4.89. The van der Waals surface area contributed by atoms with Crippen LogP contribution in [0.25, 0.3) is 0 Å². The van der Waals surface area contributed by atoms with Crippen LogP contribution in [0.4, 0.5) is 32.0 Å². The molecule has 0 saturated heterocycles. The topological polar surface area (TPSA) is 76.2 Å². The van der Waals surface area contributed by atoms with Crippen molar-refractivity contribution in [2.75, 3.05) is 0 Å². The molecule has 0 N–H and O–H groups in total. The molecule has 2 aromatic rings. The van der Waals surface area contributed by atoms with Crippen LogP contribution in [-0.4, -0.2) is 4.92 Å². The third kappa shape index (κ3) is 4.21. The summed E-state index contributed by atoms with van der Waals surface area (Å²) < 4.78 is 81.8. The average molecular weight is 376 g/mol. The monoisotopic (exact) mass is 376 g/mol. The first-order valence-corrected chi connectivity index (χ1v) is 6.57. The quantitative estimate of drug-likeness (QED) is 0.414. The van der Waals surface area contributed by atoms with Gasteiger partial charge in [0.15, 0.2) is 0 Å². The van der Waals surface area contributed by atoms with E-state index in [-0.39, 0.29) is 6.07 Å². The number of hydrogen-bond acceptors (Lipinski definition) is 4. The Morgan fingerprint density at radius 3 is 1.92 bits per heavy atom. The van der Waals surface area contributed by atoms with Crippen LogP contribution in [0.15, 0.2) is 36.4 Å². The molecule has 11 heteroatoms. The Bertz CT molecular complexity index is 867. The Balaban J connectivity index is 2.53. The van der Waals surface area contributed by atoms with Gasteiger partial charge in [-0.2, -0.15) is 31.6 Å². The number of nitro groups is 1. The molecule has 2 rings (SSSR count). The first-order valence-electron chi connectivity index (χ1n) is 6.57. The van der Waals surface area contributed by atoms with Crippen molar-refractivity contribution in [1.82, 2.24) is 0 Å². The van der Waals surface area contributed by atoms with Crippen molar-refractivity contribution in [3.63, 3.8) is 0 Å². The predicted molar refractivity (Wildman–Crippen MR) is 74.3 cm³/mol. The van der Waals surface area contributed by atoms with Gasteiger partial charge in [-0.25, -0.2) is 0 Å². The zero-order valence-corrected chi connectivity index (χ0v) is 12.4. The molecule has 0 bridgehead atoms. The van der Waals surface area contributed by atoms with Gasteiger partial charge >= 0.3 is 12.4 Å². The van der Waals surface area contributed by atoms with Crippen LogP contribution in [0.1, 0.15) is 16.7 Å². The second-order valence-electron chi connectivity index (χ2n) is 4.89. The number of ether oxygens (including phenoxy) is 1. The molecule has 0 aliphatic heterocycles. The van der Waals surface area contributed by atoms with E-state index in [4.69, 9.17) is 10.00 Å². The molecular weight excluding hydrogens is 370 g/mol. The van der Waals surface area contributed by atoms with Crippen molar-refractivity contribution in [3.8, 4) is 17.6 Å². The molecule has 0 spiro atoms. The molecule has 0 saturated carbocycles. The molecule has 0 unspecified atom stereocenters. The summed E-state index contributed by atoms with van der Waals surface area (Å²) in [7, 11) is 0. The van der Waals surface area contributed by atoms with E-state index >= 15 is 0 Å². The fraction of sp³-hybridized carbons (Fsp3) is 0.133. The normalized spacial score (nSPS) is 11.7. The number of nitriles is 1. The number of halogens is 6. The standard InChI is InChI=1S/C15H6F6N2O3/c16-14(17,18)9-4-10(15(19,20)21)6-12(5-9)26-13-2-1-11(23(24)25)3-8(13)7-22/h1-6H. The van der Waals surface area contributed by atoms with Gasteiger partial charge in [0.2, 0.25) is 0 Å². The summed E-state index contributed by atoms with van der Waals surface area (Å²) in [4.78, 5) is 9.83. The van der Waals surface area contributed by atoms with E-state index in [9.17, 15) is 36.5 Å². The molecule has 0 atom stereocenters. The maximum absolute atomic E-state index is 12.8. The minimum Gasteiger partial charge on any atom is -0.456 e. The van der Waals surface area contributed by atoms with Gasteiger partial charge in [0.05, 0.1) is 16.1 Å². The van der Waals surface area contributed by atoms with E-state index in [1.165, 1.54) is 6.07 Å². The molecule has 0 aliphatic rings. The number of rotatable bonds is 3. The van der Waals surface area contributed by atoms with Crippen LogP contribution in [0.3, 0.4) is 0 Å². The van der Waals surface area contributed by atoms with Gasteiger partial charge in [-0.3, -0.25) is 10.1 Å². The van der Waals surface area contributed by atoms with Crippen LogP contribution in [0.2, 0.25) is 0 Å². The van der Waals surface area contributed by atoms with Gasteiger partial charge in [-0.1, -0.05) is 0 Å². The zero-order chi connectivity index (χ0) is 19.7. The van der Waals surface area contributed by atoms with Crippen LogP contribution in [-0.2, 0) is 12.4 Å². The van der Waals surface area contributed by atoms with E-state index in [2.05, 4.69) is 0 Å². The lowest BCUT2D eigenvalue weighted by Gasteiger charge is -2.15. The van der Waals surface area contributed by atoms with Crippen LogP contribution < -0.4 is 4.74 Å². The van der Waals surface area contributed by atoms with Crippen molar-refractivity contribution < 1.29 is 36.0 Å². The molecular formula is C15H6F6N2O3. The molecule has 0 fully saturated rings. The third-order valence-corrected chi connectivity index (χ3v) is 3.08. The number of alkyl halides is 6. The van der Waals surface area contributed by atoms with Crippen LogP contribution in [0.5, 0.6) is 11.5 Å². The van der Waals surface area contributed by atoms with Crippen molar-refractivity contribution in [3.05, 3.63) is 63.2 Å². The van der Waals surface area contributed by atoms with E-state index in [1.807, 2.05) is 0 Å². The van der Waals surface area contributed by atoms with E-state index < -0.39 is 51.2 Å². The van der Waals surface area contributed by atoms with Crippen molar-refractivity contribution in [2.24, 2.45) is 0 Å². The highest BCUT2D eigenvalue weighted by molar-refractivity contribution is 5.52. The maximum atomic E-state index is 12.8. The zero-order valence-electron chi connectivity index (χ0n) is 12.4. The first-order chi connectivity index (χ1) is 11.9. The summed E-state index contributed by atoms with van der Waals surface area (Å²) in [5.74, 6) is -1.25. The van der Waals surface area contributed by atoms with Gasteiger partial charge in [-0.15, -0.1) is 0 Å². The highest BCUT2D eigenvalue weighted by Crippen LogP contribution is 2.39. The summed E-state index contributed by atoms with van der Waals surface area (Å²) >= 11 is 0. The Morgan fingerprint density at radius 1 is 0.962 bits per heavy atom. The largest absolute Gasteiger partial charge is 0.456 e. The average Bonchev–Trinajstić information content (AvgIpc) is 2.53. The fourth-order valence-electron chi connectivity index (χ4n) is 1.92. The number of hydrogen-bond donors (Lipinski definition) is 0. The van der Waals surface area contributed by atoms with Gasteiger partial charge in [0.1, 0.15) is 23.1 Å². The van der Waals surface area contributed by atoms with Gasteiger partial charge in [-0.05, 0) is 24.3 Å².